The third kappa shape index (κ3) is 4.06. The van der Waals surface area contributed by atoms with E-state index < -0.39 is 67.0 Å². The lowest BCUT2D eigenvalue weighted by Gasteiger charge is -2.28. The normalized spacial score (nSPS) is 33.1. The summed E-state index contributed by atoms with van der Waals surface area (Å²) in [5.74, 6) is -4.70. The summed E-state index contributed by atoms with van der Waals surface area (Å²) in [5, 5.41) is 20.6. The van der Waals surface area contributed by atoms with Crippen molar-refractivity contribution in [2.24, 2.45) is 0 Å². The maximum Gasteiger partial charge on any atom is 0.530 e. The smallest absolute Gasteiger partial charge is 0.404 e. The standard InChI is InChI=1S/C17H15F2N2O9PS/c18-10-1-2-11-8(3-10)6-27-31(26,30-11)28-7-17(19)13(24)12(23)15(29-17)21-4-9(5-22)14(25)20-16(21)32/h1-5,12-13,15,23-24H,6-7H2,(H,20,25,32)/t12-,13+,15-,17-,31?/m1/s1/i7D2. The lowest BCUT2D eigenvalue weighted by molar-refractivity contribution is -0.205. The molecule has 172 valence electrons. The summed E-state index contributed by atoms with van der Waals surface area (Å²) in [5.41, 5.74) is -1.26. The Morgan fingerprint density at radius 1 is 1.50 bits per heavy atom. The molecule has 1 aromatic carbocycles. The fourth-order valence-electron chi connectivity index (χ4n) is 2.98. The minimum Gasteiger partial charge on any atom is -0.404 e. The fraction of sp³-hybridized carbons (Fsp3) is 0.353. The third-order valence-corrected chi connectivity index (χ3v) is 6.09. The summed E-state index contributed by atoms with van der Waals surface area (Å²) >= 11 is 4.90. The van der Waals surface area contributed by atoms with E-state index in [2.05, 4.69) is 9.51 Å². The summed E-state index contributed by atoms with van der Waals surface area (Å²) in [6, 6.07) is 3.05. The number of H-pyrrole nitrogens is 1. The molecular weight excluding hydrogens is 477 g/mol. The highest BCUT2D eigenvalue weighted by Crippen LogP contribution is 2.55. The zero-order valence-electron chi connectivity index (χ0n) is 17.6. The van der Waals surface area contributed by atoms with Crippen LogP contribution in [0.15, 0.2) is 29.2 Å². The predicted molar refractivity (Wildman–Crippen MR) is 103 cm³/mol. The number of hydrogen-bond acceptors (Lipinski definition) is 10. The average molecular weight is 494 g/mol. The van der Waals surface area contributed by atoms with Gasteiger partial charge >= 0.3 is 7.82 Å². The minimum absolute atomic E-state index is 0.122. The van der Waals surface area contributed by atoms with E-state index >= 15 is 4.39 Å². The molecule has 0 radical (unpaired) electrons. The molecule has 1 aromatic heterocycles. The van der Waals surface area contributed by atoms with Crippen molar-refractivity contribution < 1.29 is 49.4 Å². The highest BCUT2D eigenvalue weighted by Gasteiger charge is 2.57. The fourth-order valence-corrected chi connectivity index (χ4v) is 4.32. The van der Waals surface area contributed by atoms with Crippen molar-refractivity contribution in [2.45, 2.75) is 30.9 Å². The quantitative estimate of drug-likeness (QED) is 0.317. The Bertz CT molecular complexity index is 1320. The Morgan fingerprint density at radius 2 is 2.25 bits per heavy atom. The number of benzene rings is 1. The van der Waals surface area contributed by atoms with Crippen LogP contribution in [0.5, 0.6) is 5.75 Å². The van der Waals surface area contributed by atoms with E-state index in [1.54, 1.807) is 0 Å². The Hall–Kier alpha value is -2.32. The van der Waals surface area contributed by atoms with Crippen LogP contribution in [0, 0.1) is 10.6 Å². The van der Waals surface area contributed by atoms with Crippen molar-refractivity contribution in [3.8, 4) is 5.75 Å². The molecule has 15 heteroatoms. The van der Waals surface area contributed by atoms with Crippen molar-refractivity contribution >= 4 is 26.3 Å². The second-order valence-corrected chi connectivity index (χ2v) is 8.62. The number of ether oxygens (including phenoxy) is 1. The number of aromatic amines is 1. The molecule has 0 spiro atoms. The topological polar surface area (TPSA) is 149 Å². The van der Waals surface area contributed by atoms with Gasteiger partial charge in [0.1, 0.15) is 30.3 Å². The van der Waals surface area contributed by atoms with Crippen LogP contribution in [0.25, 0.3) is 0 Å². The zero-order chi connectivity index (χ0) is 25.1. The molecule has 0 amide bonds. The number of phosphoric ester groups is 1. The first-order chi connectivity index (χ1) is 15.8. The first kappa shape index (κ1) is 20.3. The van der Waals surface area contributed by atoms with Crippen LogP contribution in [0.2, 0.25) is 0 Å². The maximum absolute atomic E-state index is 15.7. The van der Waals surface area contributed by atoms with Crippen LogP contribution in [0.1, 0.15) is 24.9 Å². The SMILES string of the molecule is [2H]C([2H])(OP1(=O)OCc2cc(F)ccc2O1)[C@@]1(F)O[C@@H](n2cc(C=O)c(=O)[nH]c2=S)[C@H](O)[C@@H]1O. The molecule has 0 bridgehead atoms. The van der Waals surface area contributed by atoms with Crippen molar-refractivity contribution in [2.75, 3.05) is 6.56 Å². The number of aliphatic hydroxyl groups is 2. The van der Waals surface area contributed by atoms with Gasteiger partial charge in [-0.1, -0.05) is 0 Å². The number of nitrogens with one attached hydrogen (secondary N) is 1. The summed E-state index contributed by atoms with van der Waals surface area (Å²) in [6.07, 6.45) is -5.83. The van der Waals surface area contributed by atoms with Gasteiger partial charge in [0, 0.05) is 11.8 Å². The summed E-state index contributed by atoms with van der Waals surface area (Å²) < 4.78 is 77.6. The van der Waals surface area contributed by atoms with Gasteiger partial charge in [0.25, 0.3) is 11.4 Å². The van der Waals surface area contributed by atoms with Gasteiger partial charge in [-0.05, 0) is 30.4 Å². The van der Waals surface area contributed by atoms with E-state index in [4.69, 9.17) is 28.7 Å². The Kier molecular flexibility index (Phi) is 5.22. The van der Waals surface area contributed by atoms with Crippen LogP contribution in [0.3, 0.4) is 0 Å². The number of carbonyl (C=O) groups excluding carboxylic acids is 1. The van der Waals surface area contributed by atoms with E-state index in [0.29, 0.717) is 4.57 Å². The van der Waals surface area contributed by atoms with Crippen molar-refractivity contribution in [3.05, 3.63) is 56.5 Å². The van der Waals surface area contributed by atoms with Crippen LogP contribution in [-0.2, 0) is 25.0 Å². The molecule has 2 aromatic rings. The number of fused-ring (bicyclic) bond motifs is 1. The molecule has 11 nitrogen and oxygen atoms in total. The summed E-state index contributed by atoms with van der Waals surface area (Å²) in [7, 11) is -4.88. The molecular formula is C17H15F2N2O9PS. The van der Waals surface area contributed by atoms with E-state index in [-0.39, 0.29) is 17.6 Å². The van der Waals surface area contributed by atoms with E-state index in [0.717, 1.165) is 24.4 Å². The average Bonchev–Trinajstić information content (AvgIpc) is 2.99. The Morgan fingerprint density at radius 3 is 2.97 bits per heavy atom. The summed E-state index contributed by atoms with van der Waals surface area (Å²) in [4.78, 5) is 24.8. The van der Waals surface area contributed by atoms with Crippen molar-refractivity contribution in [3.63, 3.8) is 0 Å². The Balaban J connectivity index is 1.64. The van der Waals surface area contributed by atoms with E-state index in [9.17, 15) is 28.8 Å². The second kappa shape index (κ2) is 8.23. The molecule has 0 saturated carbocycles. The molecule has 2 aliphatic heterocycles. The molecule has 4 rings (SSSR count). The molecule has 5 atom stereocenters. The molecule has 0 aliphatic carbocycles. The first-order valence-electron chi connectivity index (χ1n) is 9.77. The molecule has 3 N–H and O–H groups in total. The van der Waals surface area contributed by atoms with Gasteiger partial charge < -0.3 is 19.5 Å². The minimum atomic E-state index is -4.88. The number of hydrogen-bond donors (Lipinski definition) is 3. The van der Waals surface area contributed by atoms with Gasteiger partial charge in [0.2, 0.25) is 0 Å². The number of carbonyl (C=O) groups is 1. The zero-order valence-corrected chi connectivity index (χ0v) is 17.3. The maximum atomic E-state index is 15.7. The number of aliphatic hydroxyl groups excluding tert-OH is 2. The molecule has 3 heterocycles. The molecule has 1 unspecified atom stereocenters. The van der Waals surface area contributed by atoms with Gasteiger partial charge in [-0.25, -0.2) is 13.3 Å². The lowest BCUT2D eigenvalue weighted by atomic mass is 10.1. The van der Waals surface area contributed by atoms with Gasteiger partial charge in [-0.2, -0.15) is 0 Å². The van der Waals surface area contributed by atoms with Crippen molar-refractivity contribution in [1.29, 1.82) is 0 Å². The van der Waals surface area contributed by atoms with Gasteiger partial charge in [-0.15, -0.1) is 0 Å². The van der Waals surface area contributed by atoms with Crippen LogP contribution < -0.4 is 10.1 Å². The number of aromatic nitrogens is 2. The third-order valence-electron chi connectivity index (χ3n) is 4.59. The number of alkyl halides is 1. The first-order valence-corrected chi connectivity index (χ1v) is 10.6. The highest BCUT2D eigenvalue weighted by atomic mass is 32.1. The van der Waals surface area contributed by atoms with E-state index in [1.165, 1.54) is 0 Å². The number of phosphoric acid groups is 1. The van der Waals surface area contributed by atoms with Crippen molar-refractivity contribution in [1.82, 2.24) is 9.55 Å². The van der Waals surface area contributed by atoms with Crippen LogP contribution in [-0.4, -0.2) is 50.7 Å². The number of nitrogens with zero attached hydrogens (tertiary/aromatic N) is 1. The largest absolute Gasteiger partial charge is 0.530 e. The molecule has 2 aliphatic rings. The van der Waals surface area contributed by atoms with Crippen LogP contribution in [0.4, 0.5) is 8.78 Å². The predicted octanol–water partition coefficient (Wildman–Crippen LogP) is 1.51. The van der Waals surface area contributed by atoms with Gasteiger partial charge in [0.15, 0.2) is 17.3 Å². The van der Waals surface area contributed by atoms with Gasteiger partial charge in [-0.3, -0.25) is 28.2 Å². The lowest BCUT2D eigenvalue weighted by Crippen LogP contribution is -2.43. The number of rotatable bonds is 5. The Labute approximate surface area is 185 Å². The van der Waals surface area contributed by atoms with Gasteiger partial charge in [0.05, 0.1) is 14.9 Å². The highest BCUT2D eigenvalue weighted by molar-refractivity contribution is 7.71. The molecule has 1 fully saturated rings. The monoisotopic (exact) mass is 494 g/mol. The number of aldehydes is 1. The molecule has 32 heavy (non-hydrogen) atoms. The number of halogens is 2. The summed E-state index contributed by atoms with van der Waals surface area (Å²) in [6.45, 7) is -4.30. The molecule has 1 saturated heterocycles. The second-order valence-electron chi connectivity index (χ2n) is 6.72. The van der Waals surface area contributed by atoms with E-state index in [1.807, 2.05) is 0 Å². The van der Waals surface area contributed by atoms with Crippen LogP contribution >= 0.6 is 20.0 Å².